The van der Waals surface area contributed by atoms with Gasteiger partial charge in [0.05, 0.1) is 10.7 Å². The highest BCUT2D eigenvalue weighted by molar-refractivity contribution is 9.10. The fourth-order valence-electron chi connectivity index (χ4n) is 1.54. The Morgan fingerprint density at radius 2 is 1.75 bits per heavy atom. The average Bonchev–Trinajstić information content (AvgIpc) is 2.29. The molecule has 0 saturated heterocycles. The lowest BCUT2D eigenvalue weighted by Crippen LogP contribution is -2.09. The van der Waals surface area contributed by atoms with Crippen LogP contribution in [0.4, 0.5) is 11.4 Å². The van der Waals surface area contributed by atoms with Gasteiger partial charge in [0.2, 0.25) is 0 Å². The second-order valence-corrected chi connectivity index (χ2v) is 4.81. The monoisotopic (exact) mass is 295 g/mol. The van der Waals surface area contributed by atoms with Crippen molar-refractivity contribution < 1.29 is 0 Å². The van der Waals surface area contributed by atoms with Crippen molar-refractivity contribution in [2.24, 2.45) is 0 Å². The van der Waals surface area contributed by atoms with Crippen molar-refractivity contribution >= 4 is 38.9 Å². The van der Waals surface area contributed by atoms with Gasteiger partial charge in [-0.3, -0.25) is 0 Å². The number of hydrogen-bond donors (Lipinski definition) is 0. The van der Waals surface area contributed by atoms with Crippen LogP contribution in [0, 0.1) is 0 Å². The zero-order valence-electron chi connectivity index (χ0n) is 8.82. The zero-order chi connectivity index (χ0) is 11.5. The molecule has 2 rings (SSSR count). The summed E-state index contributed by atoms with van der Waals surface area (Å²) in [6, 6.07) is 16.0. The number of benzene rings is 2. The van der Waals surface area contributed by atoms with E-state index in [1.807, 2.05) is 43.4 Å². The second-order valence-electron chi connectivity index (χ2n) is 3.49. The van der Waals surface area contributed by atoms with Crippen LogP contribution in [0.3, 0.4) is 0 Å². The molecule has 0 unspecified atom stereocenters. The maximum atomic E-state index is 6.20. The Balaban J connectivity index is 2.38. The van der Waals surface area contributed by atoms with Crippen LogP contribution in [-0.4, -0.2) is 7.05 Å². The molecule has 2 aromatic carbocycles. The van der Waals surface area contributed by atoms with E-state index in [0.717, 1.165) is 20.9 Å². The SMILES string of the molecule is CN(c1ccccc1)c1ccc(Br)cc1Cl. The normalized spacial score (nSPS) is 10.2. The van der Waals surface area contributed by atoms with Gasteiger partial charge in [0.1, 0.15) is 0 Å². The summed E-state index contributed by atoms with van der Waals surface area (Å²) in [5, 5.41) is 0.737. The predicted octanol–water partition coefficient (Wildman–Crippen LogP) is 4.87. The summed E-state index contributed by atoms with van der Waals surface area (Å²) in [5.74, 6) is 0. The van der Waals surface area contributed by atoms with E-state index in [4.69, 9.17) is 11.6 Å². The van der Waals surface area contributed by atoms with Crippen LogP contribution < -0.4 is 4.90 Å². The molecule has 0 aliphatic carbocycles. The van der Waals surface area contributed by atoms with Crippen LogP contribution in [0.5, 0.6) is 0 Å². The Hall–Kier alpha value is -0.990. The average molecular weight is 297 g/mol. The van der Waals surface area contributed by atoms with Crippen LogP contribution in [-0.2, 0) is 0 Å². The highest BCUT2D eigenvalue weighted by Gasteiger charge is 2.07. The van der Waals surface area contributed by atoms with E-state index in [-0.39, 0.29) is 0 Å². The molecule has 0 saturated carbocycles. The molecule has 0 amide bonds. The molecule has 3 heteroatoms. The van der Waals surface area contributed by atoms with Gasteiger partial charge in [-0.05, 0) is 30.3 Å². The first-order valence-electron chi connectivity index (χ1n) is 4.92. The van der Waals surface area contributed by atoms with Crippen molar-refractivity contribution in [3.63, 3.8) is 0 Å². The third-order valence-corrected chi connectivity index (χ3v) is 3.21. The Morgan fingerprint density at radius 1 is 1.06 bits per heavy atom. The van der Waals surface area contributed by atoms with E-state index in [1.165, 1.54) is 0 Å². The fraction of sp³-hybridized carbons (Fsp3) is 0.0769. The van der Waals surface area contributed by atoms with Gasteiger partial charge in [0, 0.05) is 17.2 Å². The molecule has 0 radical (unpaired) electrons. The molecule has 0 atom stereocenters. The number of anilines is 2. The summed E-state index contributed by atoms with van der Waals surface area (Å²) in [5.41, 5.74) is 2.11. The number of para-hydroxylation sites is 1. The van der Waals surface area contributed by atoms with Crippen molar-refractivity contribution in [1.29, 1.82) is 0 Å². The lowest BCUT2D eigenvalue weighted by molar-refractivity contribution is 1.21. The predicted molar refractivity (Wildman–Crippen MR) is 73.7 cm³/mol. The minimum absolute atomic E-state index is 0.737. The molecular weight excluding hydrogens is 286 g/mol. The number of nitrogens with zero attached hydrogens (tertiary/aromatic N) is 1. The first-order valence-corrected chi connectivity index (χ1v) is 6.09. The Morgan fingerprint density at radius 3 is 2.38 bits per heavy atom. The first kappa shape index (κ1) is 11.5. The molecule has 0 spiro atoms. The largest absolute Gasteiger partial charge is 0.343 e. The van der Waals surface area contributed by atoms with Crippen LogP contribution in [0.1, 0.15) is 0 Å². The lowest BCUT2D eigenvalue weighted by Gasteiger charge is -2.20. The quantitative estimate of drug-likeness (QED) is 0.764. The van der Waals surface area contributed by atoms with E-state index < -0.39 is 0 Å². The third-order valence-electron chi connectivity index (χ3n) is 2.41. The smallest absolute Gasteiger partial charge is 0.0654 e. The van der Waals surface area contributed by atoms with Gasteiger partial charge in [-0.1, -0.05) is 45.7 Å². The topological polar surface area (TPSA) is 3.24 Å². The van der Waals surface area contributed by atoms with Gasteiger partial charge in [0.15, 0.2) is 0 Å². The molecule has 0 N–H and O–H groups in total. The Bertz CT molecular complexity index is 485. The van der Waals surface area contributed by atoms with Crippen LogP contribution in [0.25, 0.3) is 0 Å². The van der Waals surface area contributed by atoms with Crippen LogP contribution in [0.2, 0.25) is 5.02 Å². The second kappa shape index (κ2) is 4.89. The highest BCUT2D eigenvalue weighted by Crippen LogP contribution is 2.32. The van der Waals surface area contributed by atoms with Crippen molar-refractivity contribution in [1.82, 2.24) is 0 Å². The molecule has 0 bridgehead atoms. The van der Waals surface area contributed by atoms with Gasteiger partial charge >= 0.3 is 0 Å². The molecule has 0 heterocycles. The molecular formula is C13H11BrClN. The summed E-state index contributed by atoms with van der Waals surface area (Å²) in [6.45, 7) is 0. The Kier molecular flexibility index (Phi) is 3.52. The van der Waals surface area contributed by atoms with E-state index in [1.54, 1.807) is 0 Å². The number of hydrogen-bond acceptors (Lipinski definition) is 1. The van der Waals surface area contributed by atoms with Crippen LogP contribution >= 0.6 is 27.5 Å². The van der Waals surface area contributed by atoms with Crippen molar-refractivity contribution in [2.45, 2.75) is 0 Å². The molecule has 16 heavy (non-hydrogen) atoms. The van der Waals surface area contributed by atoms with Gasteiger partial charge < -0.3 is 4.90 Å². The maximum absolute atomic E-state index is 6.20. The van der Waals surface area contributed by atoms with E-state index >= 15 is 0 Å². The number of halogens is 2. The van der Waals surface area contributed by atoms with E-state index in [2.05, 4.69) is 33.0 Å². The standard InChI is InChI=1S/C13H11BrClN/c1-16(11-5-3-2-4-6-11)13-8-7-10(14)9-12(13)15/h2-9H,1H3. The molecule has 0 aromatic heterocycles. The summed E-state index contributed by atoms with van der Waals surface area (Å²) in [7, 11) is 2.00. The van der Waals surface area contributed by atoms with Crippen molar-refractivity contribution in [3.8, 4) is 0 Å². The summed E-state index contributed by atoms with van der Waals surface area (Å²) >= 11 is 9.60. The molecule has 82 valence electrons. The third kappa shape index (κ3) is 2.39. The van der Waals surface area contributed by atoms with E-state index in [0.29, 0.717) is 0 Å². The molecule has 0 aliphatic heterocycles. The summed E-state index contributed by atoms with van der Waals surface area (Å²) < 4.78 is 0.989. The van der Waals surface area contributed by atoms with Crippen LogP contribution in [0.15, 0.2) is 53.0 Å². The minimum Gasteiger partial charge on any atom is -0.343 e. The van der Waals surface area contributed by atoms with Gasteiger partial charge in [0.25, 0.3) is 0 Å². The van der Waals surface area contributed by atoms with Crippen molar-refractivity contribution in [2.75, 3.05) is 11.9 Å². The van der Waals surface area contributed by atoms with Gasteiger partial charge in [-0.15, -0.1) is 0 Å². The van der Waals surface area contributed by atoms with Gasteiger partial charge in [-0.25, -0.2) is 0 Å². The molecule has 2 aromatic rings. The first-order chi connectivity index (χ1) is 7.68. The minimum atomic E-state index is 0.737. The summed E-state index contributed by atoms with van der Waals surface area (Å²) in [6.07, 6.45) is 0. The number of rotatable bonds is 2. The zero-order valence-corrected chi connectivity index (χ0v) is 11.2. The molecule has 0 fully saturated rings. The van der Waals surface area contributed by atoms with Crippen molar-refractivity contribution in [3.05, 3.63) is 58.0 Å². The Labute approximate surface area is 109 Å². The lowest BCUT2D eigenvalue weighted by atomic mass is 10.2. The van der Waals surface area contributed by atoms with E-state index in [9.17, 15) is 0 Å². The molecule has 0 aliphatic rings. The summed E-state index contributed by atoms with van der Waals surface area (Å²) in [4.78, 5) is 2.06. The molecule has 1 nitrogen and oxygen atoms in total. The maximum Gasteiger partial charge on any atom is 0.0654 e. The fourth-order valence-corrected chi connectivity index (χ4v) is 2.34. The van der Waals surface area contributed by atoms with Gasteiger partial charge in [-0.2, -0.15) is 0 Å². The highest BCUT2D eigenvalue weighted by atomic mass is 79.9.